The third kappa shape index (κ3) is 155. The van der Waals surface area contributed by atoms with Gasteiger partial charge in [-0.25, -0.2) is 0 Å². The predicted octanol–water partition coefficient (Wildman–Crippen LogP) is -10.1. The molecule has 5 nitrogen and oxygen atoms in total. The minimum absolute atomic E-state index is 0. The Morgan fingerprint density at radius 1 is 0.429 bits per heavy atom. The van der Waals surface area contributed by atoms with Crippen LogP contribution in [0.1, 0.15) is 0 Å². The first-order valence-corrected chi connectivity index (χ1v) is 0. The molecular formula is H10ClNaO5. The van der Waals surface area contributed by atoms with E-state index in [2.05, 4.69) is 0 Å². The Morgan fingerprint density at radius 3 is 0.429 bits per heavy atom. The van der Waals surface area contributed by atoms with Crippen LogP contribution in [-0.4, -0.2) is 27.4 Å². The topological polar surface area (TPSA) is 158 Å². The Labute approximate surface area is 69.3 Å². The van der Waals surface area contributed by atoms with E-state index in [9.17, 15) is 0 Å². The summed E-state index contributed by atoms with van der Waals surface area (Å²) in [6.07, 6.45) is 0. The van der Waals surface area contributed by atoms with E-state index in [1.54, 1.807) is 0 Å². The van der Waals surface area contributed by atoms with Gasteiger partial charge in [-0.05, 0) is 0 Å². The first-order valence-electron chi connectivity index (χ1n) is 0. The van der Waals surface area contributed by atoms with E-state index in [0.29, 0.717) is 0 Å². The van der Waals surface area contributed by atoms with Gasteiger partial charge in [0.15, 0.2) is 0 Å². The maximum atomic E-state index is 0. The van der Waals surface area contributed by atoms with Gasteiger partial charge in [0.2, 0.25) is 0 Å². The fraction of sp³-hybridized carbons (Fsp3) is 0. The third-order valence-corrected chi connectivity index (χ3v) is 0. The molecule has 0 fully saturated rings. The van der Waals surface area contributed by atoms with Crippen LogP contribution < -0.4 is 42.0 Å². The van der Waals surface area contributed by atoms with Crippen molar-refractivity contribution < 1.29 is 69.3 Å². The molecule has 10 N–H and O–H groups in total. The summed E-state index contributed by atoms with van der Waals surface area (Å²) in [5, 5.41) is 0. The number of rotatable bonds is 0. The molecule has 48 valence electrons. The zero-order valence-electron chi connectivity index (χ0n) is 3.88. The van der Waals surface area contributed by atoms with Crippen LogP contribution in [0.25, 0.3) is 0 Å². The van der Waals surface area contributed by atoms with E-state index >= 15 is 0 Å². The number of halogens is 1. The van der Waals surface area contributed by atoms with Crippen LogP contribution in [0.5, 0.6) is 0 Å². The Morgan fingerprint density at radius 2 is 0.429 bits per heavy atom. The molecule has 0 saturated heterocycles. The van der Waals surface area contributed by atoms with Gasteiger partial charge in [-0.15, -0.1) is 0 Å². The van der Waals surface area contributed by atoms with Crippen molar-refractivity contribution >= 4 is 0 Å². The van der Waals surface area contributed by atoms with E-state index in [1.165, 1.54) is 0 Å². The summed E-state index contributed by atoms with van der Waals surface area (Å²) < 4.78 is 0. The number of hydrogen-bond donors (Lipinski definition) is 0. The van der Waals surface area contributed by atoms with Crippen molar-refractivity contribution in [3.05, 3.63) is 0 Å². The summed E-state index contributed by atoms with van der Waals surface area (Å²) in [6.45, 7) is 0. The predicted molar refractivity (Wildman–Crippen MR) is 18.1 cm³/mol. The van der Waals surface area contributed by atoms with Gasteiger partial charge in [0.1, 0.15) is 0 Å². The smallest absolute Gasteiger partial charge is 1.00 e. The van der Waals surface area contributed by atoms with Crippen molar-refractivity contribution in [2.75, 3.05) is 0 Å². The third-order valence-electron chi connectivity index (χ3n) is 0. The summed E-state index contributed by atoms with van der Waals surface area (Å²) in [4.78, 5) is 0. The van der Waals surface area contributed by atoms with Gasteiger partial charge in [-0.3, -0.25) is 0 Å². The van der Waals surface area contributed by atoms with Gasteiger partial charge in [-0.2, -0.15) is 0 Å². The molecule has 0 aliphatic carbocycles. The van der Waals surface area contributed by atoms with Crippen LogP contribution in [0.3, 0.4) is 0 Å². The molecule has 0 aromatic carbocycles. The Kier molecular flexibility index (Phi) is 10800. The van der Waals surface area contributed by atoms with Crippen molar-refractivity contribution in [3.8, 4) is 0 Å². The first-order chi connectivity index (χ1) is 0. The van der Waals surface area contributed by atoms with Gasteiger partial charge < -0.3 is 39.8 Å². The van der Waals surface area contributed by atoms with Gasteiger partial charge in [-0.1, -0.05) is 0 Å². The van der Waals surface area contributed by atoms with E-state index in [-0.39, 0.29) is 69.3 Å². The van der Waals surface area contributed by atoms with Crippen LogP contribution in [0.2, 0.25) is 0 Å². The zero-order chi connectivity index (χ0) is 0. The molecule has 0 amide bonds. The Hall–Kier alpha value is 1.09. The zero-order valence-corrected chi connectivity index (χ0v) is 6.63. The maximum absolute atomic E-state index is 0. The normalized spacial score (nSPS) is 0. The first kappa shape index (κ1) is 342. The monoisotopic (exact) mass is 148 g/mol. The fourth-order valence-electron chi connectivity index (χ4n) is 0. The van der Waals surface area contributed by atoms with Crippen LogP contribution >= 0.6 is 0 Å². The van der Waals surface area contributed by atoms with Crippen molar-refractivity contribution in [1.29, 1.82) is 0 Å². The average molecular weight is 149 g/mol. The van der Waals surface area contributed by atoms with Gasteiger partial charge >= 0.3 is 29.6 Å². The van der Waals surface area contributed by atoms with E-state index in [4.69, 9.17) is 0 Å². The SMILES string of the molecule is O.O.O.O.O.[Cl-].[Na+]. The second kappa shape index (κ2) is 221. The second-order valence-corrected chi connectivity index (χ2v) is 0. The summed E-state index contributed by atoms with van der Waals surface area (Å²) in [5.74, 6) is 0. The van der Waals surface area contributed by atoms with Crippen molar-refractivity contribution in [1.82, 2.24) is 0 Å². The molecule has 0 rings (SSSR count). The standard InChI is InChI=1S/ClH.Na.5H2O/h1H;;5*1H2/q;+1;;;;;/p-1. The van der Waals surface area contributed by atoms with Crippen LogP contribution in [0.15, 0.2) is 0 Å². The molecule has 0 radical (unpaired) electrons. The molecule has 0 aromatic heterocycles. The largest absolute Gasteiger partial charge is 1.00 e. The molecule has 0 heterocycles. The molecule has 7 heavy (non-hydrogen) atoms. The van der Waals surface area contributed by atoms with Gasteiger partial charge in [0.25, 0.3) is 0 Å². The van der Waals surface area contributed by atoms with E-state index in [0.717, 1.165) is 0 Å². The summed E-state index contributed by atoms with van der Waals surface area (Å²) in [5.41, 5.74) is 0. The molecule has 7 heteroatoms. The molecule has 0 aliphatic heterocycles. The van der Waals surface area contributed by atoms with Crippen LogP contribution in [0, 0.1) is 0 Å². The number of hydrogen-bond acceptors (Lipinski definition) is 0. The Balaban J connectivity index is 0. The fourth-order valence-corrected chi connectivity index (χ4v) is 0. The quantitative estimate of drug-likeness (QED) is 0.299. The average Bonchev–Trinajstić information content (AvgIpc) is 0. The summed E-state index contributed by atoms with van der Waals surface area (Å²) in [6, 6.07) is 0. The van der Waals surface area contributed by atoms with Gasteiger partial charge in [0, 0.05) is 0 Å². The van der Waals surface area contributed by atoms with E-state index in [1.807, 2.05) is 0 Å². The maximum Gasteiger partial charge on any atom is 1.00 e. The molecule has 0 aromatic rings. The molecule has 0 bridgehead atoms. The van der Waals surface area contributed by atoms with Crippen molar-refractivity contribution in [3.63, 3.8) is 0 Å². The minimum atomic E-state index is 0. The minimum Gasteiger partial charge on any atom is -1.00 e. The second-order valence-electron chi connectivity index (χ2n) is 0. The summed E-state index contributed by atoms with van der Waals surface area (Å²) >= 11 is 0. The molecule has 0 aliphatic rings. The molecule has 0 atom stereocenters. The van der Waals surface area contributed by atoms with Crippen LogP contribution in [-0.2, 0) is 0 Å². The van der Waals surface area contributed by atoms with Crippen molar-refractivity contribution in [2.45, 2.75) is 0 Å². The van der Waals surface area contributed by atoms with Gasteiger partial charge in [0.05, 0.1) is 0 Å². The molecule has 0 unspecified atom stereocenters. The molecule has 0 saturated carbocycles. The summed E-state index contributed by atoms with van der Waals surface area (Å²) in [7, 11) is 0. The van der Waals surface area contributed by atoms with E-state index < -0.39 is 0 Å². The Bertz CT molecular complexity index is 8.04. The van der Waals surface area contributed by atoms with Crippen LogP contribution in [0.4, 0.5) is 0 Å². The molecule has 0 spiro atoms. The molecular weight excluding hydrogens is 138 g/mol. The van der Waals surface area contributed by atoms with Crippen molar-refractivity contribution in [2.24, 2.45) is 0 Å².